The number of rotatable bonds is 8. The Hall–Kier alpha value is -5.54. The second-order valence-corrected chi connectivity index (χ2v) is 17.9. The Morgan fingerprint density at radius 3 is 0.846 bits per heavy atom. The van der Waals surface area contributed by atoms with Crippen LogP contribution in [0.3, 0.4) is 0 Å². The number of nitrogens with zero attached hydrogens (tertiary/aromatic N) is 6. The molecule has 21 heteroatoms. The van der Waals surface area contributed by atoms with Crippen molar-refractivity contribution >= 4 is 38.4 Å². The summed E-state index contributed by atoms with van der Waals surface area (Å²) in [6.45, 7) is 9.90. The van der Waals surface area contributed by atoms with E-state index in [2.05, 4.69) is 130 Å². The summed E-state index contributed by atoms with van der Waals surface area (Å²) in [5.74, 6) is 0. The molecule has 0 saturated carbocycles. The fourth-order valence-corrected chi connectivity index (χ4v) is 6.21. The number of nitriles is 2. The van der Waals surface area contributed by atoms with Gasteiger partial charge in [0, 0.05) is 26.2 Å². The van der Waals surface area contributed by atoms with Gasteiger partial charge in [0.05, 0.1) is 46.0 Å². The predicted molar refractivity (Wildman–Crippen MR) is 226 cm³/mol. The van der Waals surface area contributed by atoms with Crippen LogP contribution < -0.4 is 19.6 Å². The van der Waals surface area contributed by atoms with E-state index in [9.17, 15) is 50.4 Å². The second-order valence-electron chi connectivity index (χ2n) is 14.0. The Balaban J connectivity index is 0.000000219. The molecule has 65 heavy (non-hydrogen) atoms. The summed E-state index contributed by atoms with van der Waals surface area (Å²) in [7, 11) is -21.3. The van der Waals surface area contributed by atoms with Crippen LogP contribution in [0, 0.1) is 36.0 Å². The van der Waals surface area contributed by atoms with E-state index in [4.69, 9.17) is 10.5 Å². The summed E-state index contributed by atoms with van der Waals surface area (Å²) in [6, 6.07) is 57.4. The van der Waals surface area contributed by atoms with Crippen LogP contribution in [0.1, 0.15) is 33.4 Å². The van der Waals surface area contributed by atoms with Crippen molar-refractivity contribution < 1.29 is 78.0 Å². The van der Waals surface area contributed by atoms with Crippen LogP contribution in [0.4, 0.5) is 73.1 Å². The Labute approximate surface area is 387 Å². The zero-order valence-corrected chi connectivity index (χ0v) is 40.9. The zero-order valence-electron chi connectivity index (χ0n) is 33.7. The van der Waals surface area contributed by atoms with E-state index in [1.165, 1.54) is 11.1 Å². The average Bonchev–Trinajstić information content (AvgIpc) is 3.73. The van der Waals surface area contributed by atoms with Gasteiger partial charge in [0.25, 0.3) is 0 Å². The first-order valence-corrected chi connectivity index (χ1v) is 22.6. The molecule has 2 aliphatic rings. The quantitative estimate of drug-likeness (QED) is 0.0860. The molecule has 6 aromatic carbocycles. The Morgan fingerprint density at radius 2 is 0.585 bits per heavy atom. The third-order valence-electron chi connectivity index (χ3n) is 8.57. The molecular weight excluding hydrogens is 1100 g/mol. The molecule has 0 saturated heterocycles. The Bertz CT molecular complexity index is 2430. The number of anilines is 4. The molecule has 0 aromatic heterocycles. The van der Waals surface area contributed by atoms with Gasteiger partial charge in [-0.1, -0.05) is 109 Å². The number of para-hydroxylation sites is 4. The molecule has 2 aliphatic heterocycles. The molecule has 6 aromatic rings. The van der Waals surface area contributed by atoms with Crippen LogP contribution in [0.15, 0.2) is 158 Å². The molecule has 0 amide bonds. The molecule has 0 fully saturated rings. The molecule has 0 aliphatic carbocycles. The first-order valence-electron chi connectivity index (χ1n) is 18.6. The van der Waals surface area contributed by atoms with Gasteiger partial charge in [-0.15, -0.1) is 0 Å². The monoisotopic (exact) mass is 1140 g/mol. The number of hydrogen-bond acceptors (Lipinski definition) is 6. The smallest absolute Gasteiger partial charge is 0.335 e. The van der Waals surface area contributed by atoms with E-state index < -0.39 is 15.6 Å². The summed E-state index contributed by atoms with van der Waals surface area (Å²) in [5, 5.41) is 18.2. The van der Waals surface area contributed by atoms with Crippen molar-refractivity contribution in [1.82, 2.24) is 0 Å². The summed E-state index contributed by atoms with van der Waals surface area (Å²) >= 11 is 0. The second kappa shape index (κ2) is 19.1. The van der Waals surface area contributed by atoms with E-state index in [0.29, 0.717) is 24.2 Å². The van der Waals surface area contributed by atoms with Crippen LogP contribution in [0.5, 0.6) is 0 Å². The van der Waals surface area contributed by atoms with E-state index >= 15 is 0 Å². The van der Waals surface area contributed by atoms with Gasteiger partial charge in [-0.25, -0.2) is 0 Å². The van der Waals surface area contributed by atoms with Crippen LogP contribution in [-0.4, -0.2) is 0 Å². The third-order valence-corrected chi connectivity index (χ3v) is 8.57. The fourth-order valence-electron chi connectivity index (χ4n) is 6.21. The molecule has 0 N–H and O–H groups in total. The molecular formula is C44H34F12HgN6P2. The molecule has 0 bridgehead atoms. The minimum atomic E-state index is -10.7. The van der Waals surface area contributed by atoms with Gasteiger partial charge in [-0.2, -0.15) is 10.5 Å². The molecule has 6 nitrogen and oxygen atoms in total. The zero-order chi connectivity index (χ0) is 46.9. The van der Waals surface area contributed by atoms with Gasteiger partial charge in [-0.05, 0) is 70.8 Å². The van der Waals surface area contributed by atoms with Crippen molar-refractivity contribution in [2.75, 3.05) is 19.6 Å². The van der Waals surface area contributed by atoms with E-state index in [1.807, 2.05) is 72.8 Å². The predicted octanol–water partition coefficient (Wildman–Crippen LogP) is 15.9. The van der Waals surface area contributed by atoms with Gasteiger partial charge >= 0.3 is 93.6 Å². The van der Waals surface area contributed by atoms with Crippen molar-refractivity contribution in [3.8, 4) is 12.1 Å². The van der Waals surface area contributed by atoms with Crippen LogP contribution in [0.25, 0.3) is 0 Å². The van der Waals surface area contributed by atoms with E-state index in [0.717, 1.165) is 47.0 Å². The summed E-state index contributed by atoms with van der Waals surface area (Å²) in [5.41, 5.74) is 10.7. The van der Waals surface area contributed by atoms with Gasteiger partial charge in [-0.3, -0.25) is 0 Å². The van der Waals surface area contributed by atoms with E-state index in [-0.39, 0.29) is 27.7 Å². The maximum Gasteiger partial charge on any atom is 2.00 e. The molecule has 336 valence electrons. The SMILES string of the molecule is F[P-](F)(F)(F)(F)F.F[P-](F)(F)(F)(F)F.N#Cc1cccc(CN2[C]N(Cc3ccccc3)c3ccccc32)c1.N#Cc1cccc(CN2[C]N(Cc3ccccc3)c3ccccc32)c1.[Hg+2]. The number of hydrogen-bond donors (Lipinski definition) is 0. The van der Waals surface area contributed by atoms with Gasteiger partial charge in [0.15, 0.2) is 0 Å². The maximum atomic E-state index is 9.87. The van der Waals surface area contributed by atoms with Crippen molar-refractivity contribution in [2.24, 2.45) is 0 Å². The Kier molecular flexibility index (Phi) is 15.3. The first-order chi connectivity index (χ1) is 29.6. The van der Waals surface area contributed by atoms with Crippen molar-refractivity contribution in [1.29, 1.82) is 10.5 Å². The summed E-state index contributed by atoms with van der Waals surface area (Å²) < 4.78 is 118. The maximum absolute atomic E-state index is 10.7. The van der Waals surface area contributed by atoms with Crippen LogP contribution >= 0.6 is 15.6 Å². The molecule has 0 atom stereocenters. The van der Waals surface area contributed by atoms with Gasteiger partial charge < -0.3 is 19.6 Å². The van der Waals surface area contributed by atoms with Gasteiger partial charge in [0.2, 0.25) is 13.3 Å². The molecule has 4 radical (unpaired) electrons. The number of halogens is 12. The standard InChI is InChI=1S/2C22H17N3.2F6P.Hg/c2*23-14-19-9-6-10-20(13-19)16-25-17-24(15-18-7-2-1-3-8-18)21-11-4-5-12-22(21)25;2*1-7(2,3,4,5)6;/h2*1-13H,15-16H2;;;/q;;2*-1;+2. The summed E-state index contributed by atoms with van der Waals surface area (Å²) in [6.07, 6.45) is 0. The number of fused-ring (bicyclic) bond motifs is 2. The third kappa shape index (κ3) is 20.0. The summed E-state index contributed by atoms with van der Waals surface area (Å²) in [4.78, 5) is 8.54. The van der Waals surface area contributed by atoms with Crippen LogP contribution in [-0.2, 0) is 53.8 Å². The number of benzene rings is 6. The molecule has 8 rings (SSSR count). The average molecular weight is 1140 g/mol. The Morgan fingerprint density at radius 1 is 0.354 bits per heavy atom. The molecule has 0 unspecified atom stereocenters. The van der Waals surface area contributed by atoms with Crippen molar-refractivity contribution in [3.63, 3.8) is 0 Å². The normalized spacial score (nSPS) is 14.8. The van der Waals surface area contributed by atoms with Crippen molar-refractivity contribution in [2.45, 2.75) is 26.2 Å². The largest absolute Gasteiger partial charge is 2.00 e. The topological polar surface area (TPSA) is 60.5 Å². The minimum absolute atomic E-state index is 0. The van der Waals surface area contributed by atoms with Crippen LogP contribution in [0.2, 0.25) is 0 Å². The van der Waals surface area contributed by atoms with Gasteiger partial charge in [0.1, 0.15) is 0 Å². The molecule has 0 spiro atoms. The molecule has 2 heterocycles. The van der Waals surface area contributed by atoms with E-state index in [1.54, 1.807) is 0 Å². The first kappa shape index (κ1) is 52.1. The fraction of sp³-hybridized carbons (Fsp3) is 0.0909. The van der Waals surface area contributed by atoms with Crippen molar-refractivity contribution in [3.05, 3.63) is 204 Å². The minimum Gasteiger partial charge on any atom is -0.335 e.